The lowest BCUT2D eigenvalue weighted by atomic mass is 10.1. The molecule has 0 N–H and O–H groups in total. The third-order valence-corrected chi connectivity index (χ3v) is 3.51. The van der Waals surface area contributed by atoms with E-state index in [-0.39, 0.29) is 11.7 Å². The van der Waals surface area contributed by atoms with Crippen LogP contribution in [-0.4, -0.2) is 20.9 Å². The molecular weight excluding hydrogens is 250 g/mol. The molecule has 18 heavy (non-hydrogen) atoms. The Morgan fingerprint density at radius 3 is 2.89 bits per heavy atom. The number of hydrogen-bond donors (Lipinski definition) is 0. The third-order valence-electron chi connectivity index (χ3n) is 2.69. The minimum absolute atomic E-state index is 0.106. The number of nitrogens with zero attached hydrogens (tertiary/aromatic N) is 3. The summed E-state index contributed by atoms with van der Waals surface area (Å²) in [4.78, 5) is 20.1. The zero-order valence-electron chi connectivity index (χ0n) is 10.6. The monoisotopic (exact) mass is 265 g/mol. The van der Waals surface area contributed by atoms with Gasteiger partial charge in [-0.3, -0.25) is 4.79 Å². The van der Waals surface area contributed by atoms with Crippen molar-refractivity contribution in [2.24, 2.45) is 0 Å². The summed E-state index contributed by atoms with van der Waals surface area (Å²) < 4.78 is 5.12. The maximum Gasteiger partial charge on any atom is 0.236 e. The van der Waals surface area contributed by atoms with Crippen LogP contribution in [0.25, 0.3) is 0 Å². The van der Waals surface area contributed by atoms with E-state index in [9.17, 15) is 4.79 Å². The number of aryl methyl sites for hydroxylation is 1. The maximum absolute atomic E-state index is 11.5. The highest BCUT2D eigenvalue weighted by Crippen LogP contribution is 2.17. The van der Waals surface area contributed by atoms with Crippen LogP contribution >= 0.6 is 11.3 Å². The molecule has 2 aromatic heterocycles. The molecule has 0 amide bonds. The lowest BCUT2D eigenvalue weighted by Crippen LogP contribution is -2.07. The third kappa shape index (κ3) is 2.81. The summed E-state index contributed by atoms with van der Waals surface area (Å²) in [5.41, 5.74) is 0.930. The molecule has 0 spiro atoms. The van der Waals surface area contributed by atoms with E-state index >= 15 is 0 Å². The summed E-state index contributed by atoms with van der Waals surface area (Å²) in [7, 11) is 0. The van der Waals surface area contributed by atoms with E-state index in [4.69, 9.17) is 4.52 Å². The van der Waals surface area contributed by atoms with E-state index in [0.717, 1.165) is 10.7 Å². The number of carbonyl (C=O) groups is 1. The van der Waals surface area contributed by atoms with Crippen molar-refractivity contribution in [2.45, 2.75) is 39.5 Å². The molecule has 2 aromatic rings. The molecule has 0 fully saturated rings. The molecule has 5 nitrogen and oxygen atoms in total. The molecular formula is C12H15N3O2S. The largest absolute Gasteiger partial charge is 0.339 e. The second-order valence-corrected chi connectivity index (χ2v) is 5.19. The normalized spacial score (nSPS) is 12.6. The molecule has 0 aliphatic rings. The van der Waals surface area contributed by atoms with E-state index in [2.05, 4.69) is 15.1 Å². The smallest absolute Gasteiger partial charge is 0.236 e. The zero-order valence-corrected chi connectivity index (χ0v) is 11.5. The second-order valence-electron chi connectivity index (χ2n) is 4.13. The Balaban J connectivity index is 2.08. The highest BCUT2D eigenvalue weighted by atomic mass is 32.1. The minimum Gasteiger partial charge on any atom is -0.339 e. The molecule has 1 atom stereocenters. The quantitative estimate of drug-likeness (QED) is 0.830. The van der Waals surface area contributed by atoms with Gasteiger partial charge in [0, 0.05) is 11.8 Å². The van der Waals surface area contributed by atoms with E-state index in [1.807, 2.05) is 19.2 Å². The van der Waals surface area contributed by atoms with E-state index in [1.54, 1.807) is 18.3 Å². The summed E-state index contributed by atoms with van der Waals surface area (Å²) in [5.74, 6) is 0.748. The first-order chi connectivity index (χ1) is 8.60. The molecule has 0 saturated heterocycles. The Kier molecular flexibility index (Phi) is 3.86. The lowest BCUT2D eigenvalue weighted by Gasteiger charge is -2.01. The first-order valence-corrected chi connectivity index (χ1v) is 6.74. The van der Waals surface area contributed by atoms with Crippen LogP contribution in [0.3, 0.4) is 0 Å². The lowest BCUT2D eigenvalue weighted by molar-refractivity contribution is -0.120. The van der Waals surface area contributed by atoms with Crippen LogP contribution in [0.5, 0.6) is 0 Å². The number of aromatic nitrogens is 3. The van der Waals surface area contributed by atoms with E-state index in [0.29, 0.717) is 24.6 Å². The van der Waals surface area contributed by atoms with Gasteiger partial charge < -0.3 is 4.52 Å². The Labute approximate surface area is 109 Å². The first kappa shape index (κ1) is 12.9. The van der Waals surface area contributed by atoms with Crippen LogP contribution in [0.15, 0.2) is 9.90 Å². The molecule has 0 aliphatic carbocycles. The number of hydrogen-bond acceptors (Lipinski definition) is 6. The molecule has 2 heterocycles. The highest BCUT2D eigenvalue weighted by molar-refractivity contribution is 7.09. The summed E-state index contributed by atoms with van der Waals surface area (Å²) in [5, 5.41) is 6.88. The van der Waals surface area contributed by atoms with E-state index < -0.39 is 0 Å². The Bertz CT molecular complexity index is 547. The van der Waals surface area contributed by atoms with Crippen LogP contribution < -0.4 is 0 Å². The minimum atomic E-state index is -0.326. The average molecular weight is 265 g/mol. The van der Waals surface area contributed by atoms with Crippen molar-refractivity contribution in [2.75, 3.05) is 0 Å². The Morgan fingerprint density at radius 2 is 2.28 bits per heavy atom. The number of Topliss-reactive ketones (excluding diaryl/α,β-unsaturated/α-hetero) is 1. The van der Waals surface area contributed by atoms with Crippen LogP contribution in [0.1, 0.15) is 48.6 Å². The van der Waals surface area contributed by atoms with Gasteiger partial charge in [-0.05, 0) is 13.8 Å². The standard InChI is InChI=1S/C12H15N3O2S/c1-4-10(16)7(2)12-14-11(15-17-12)5-9-6-18-8(3)13-9/h6-7H,4-5H2,1-3H3. The number of rotatable bonds is 5. The van der Waals surface area contributed by atoms with Crippen LogP contribution in [0.2, 0.25) is 0 Å². The molecule has 6 heteroatoms. The van der Waals surface area contributed by atoms with Gasteiger partial charge in [-0.1, -0.05) is 12.1 Å². The highest BCUT2D eigenvalue weighted by Gasteiger charge is 2.20. The fourth-order valence-corrected chi connectivity index (χ4v) is 2.22. The molecule has 96 valence electrons. The molecule has 2 rings (SSSR count). The predicted octanol–water partition coefficient (Wildman–Crippen LogP) is 2.51. The summed E-state index contributed by atoms with van der Waals surface area (Å²) >= 11 is 1.59. The Morgan fingerprint density at radius 1 is 1.50 bits per heavy atom. The van der Waals surface area contributed by atoms with Crippen molar-refractivity contribution >= 4 is 17.1 Å². The Hall–Kier alpha value is -1.56. The van der Waals surface area contributed by atoms with Gasteiger partial charge in [0.2, 0.25) is 5.89 Å². The van der Waals surface area contributed by atoms with Crippen molar-refractivity contribution in [3.05, 3.63) is 27.8 Å². The van der Waals surface area contributed by atoms with Crippen LogP contribution in [-0.2, 0) is 11.2 Å². The van der Waals surface area contributed by atoms with Crippen molar-refractivity contribution in [1.82, 2.24) is 15.1 Å². The predicted molar refractivity (Wildman–Crippen MR) is 67.7 cm³/mol. The fraction of sp³-hybridized carbons (Fsp3) is 0.500. The number of carbonyl (C=O) groups excluding carboxylic acids is 1. The van der Waals surface area contributed by atoms with Crippen molar-refractivity contribution in [3.63, 3.8) is 0 Å². The van der Waals surface area contributed by atoms with Gasteiger partial charge in [0.15, 0.2) is 5.82 Å². The van der Waals surface area contributed by atoms with Crippen molar-refractivity contribution in [1.29, 1.82) is 0 Å². The fourth-order valence-electron chi connectivity index (χ4n) is 1.61. The van der Waals surface area contributed by atoms with Gasteiger partial charge in [-0.25, -0.2) is 4.98 Å². The number of thiazole rings is 1. The second kappa shape index (κ2) is 5.39. The zero-order chi connectivity index (χ0) is 13.1. The average Bonchev–Trinajstić information content (AvgIpc) is 2.97. The van der Waals surface area contributed by atoms with E-state index in [1.165, 1.54) is 0 Å². The summed E-state index contributed by atoms with van der Waals surface area (Å²) in [6.45, 7) is 5.57. The molecule has 1 unspecified atom stereocenters. The SMILES string of the molecule is CCC(=O)C(C)c1nc(Cc2csc(C)n2)no1. The first-order valence-electron chi connectivity index (χ1n) is 5.86. The molecule has 0 bridgehead atoms. The van der Waals surface area contributed by atoms with Gasteiger partial charge in [0.25, 0.3) is 0 Å². The topological polar surface area (TPSA) is 68.9 Å². The number of ketones is 1. The molecule has 0 aromatic carbocycles. The van der Waals surface area contributed by atoms with Crippen LogP contribution in [0.4, 0.5) is 0 Å². The molecule has 0 aliphatic heterocycles. The van der Waals surface area contributed by atoms with Gasteiger partial charge in [0.1, 0.15) is 5.78 Å². The molecule has 0 radical (unpaired) electrons. The van der Waals surface area contributed by atoms with Crippen LogP contribution in [0, 0.1) is 6.92 Å². The van der Waals surface area contributed by atoms with Crippen molar-refractivity contribution in [3.8, 4) is 0 Å². The van der Waals surface area contributed by atoms with Gasteiger partial charge in [-0.2, -0.15) is 4.98 Å². The van der Waals surface area contributed by atoms with Gasteiger partial charge in [-0.15, -0.1) is 11.3 Å². The maximum atomic E-state index is 11.5. The molecule has 0 saturated carbocycles. The summed E-state index contributed by atoms with van der Waals surface area (Å²) in [6.07, 6.45) is 1.02. The van der Waals surface area contributed by atoms with Gasteiger partial charge in [0.05, 0.1) is 23.0 Å². The summed E-state index contributed by atoms with van der Waals surface area (Å²) in [6, 6.07) is 0. The van der Waals surface area contributed by atoms with Gasteiger partial charge >= 0.3 is 0 Å². The van der Waals surface area contributed by atoms with Crippen molar-refractivity contribution < 1.29 is 9.32 Å².